The molecular weight excluding hydrogens is 256 g/mol. The Balaban J connectivity index is 2.75. The average Bonchev–Trinajstić information content (AvgIpc) is 2.36. The lowest BCUT2D eigenvalue weighted by Crippen LogP contribution is -2.29. The van der Waals surface area contributed by atoms with Crippen molar-refractivity contribution in [2.75, 3.05) is 12.8 Å². The molecule has 0 saturated carbocycles. The quantitative estimate of drug-likeness (QED) is 0.817. The summed E-state index contributed by atoms with van der Waals surface area (Å²) in [6.07, 6.45) is 1.95. The summed E-state index contributed by atoms with van der Waals surface area (Å²) in [5, 5.41) is 0.257. The maximum atomic E-state index is 11.9. The lowest BCUT2D eigenvalue weighted by atomic mass is 10.2. The summed E-state index contributed by atoms with van der Waals surface area (Å²) in [6, 6.07) is 6.61. The van der Waals surface area contributed by atoms with Crippen LogP contribution in [0.4, 0.5) is 0 Å². The third-order valence-corrected chi connectivity index (χ3v) is 4.84. The van der Waals surface area contributed by atoms with E-state index in [2.05, 4.69) is 4.72 Å². The van der Waals surface area contributed by atoms with Gasteiger partial charge in [0.15, 0.2) is 0 Å². The molecule has 0 aromatic heterocycles. The number of rotatable bonds is 6. The zero-order valence-corrected chi connectivity index (χ0v) is 11.6. The first-order valence-electron chi connectivity index (χ1n) is 5.31. The largest absolute Gasteiger partial charge is 0.326 e. The molecule has 0 amide bonds. The molecule has 0 heterocycles. The Morgan fingerprint density at radius 3 is 2.41 bits per heavy atom. The summed E-state index contributed by atoms with van der Waals surface area (Å²) in [6.45, 7) is 2.82. The number of benzene rings is 1. The van der Waals surface area contributed by atoms with Crippen LogP contribution in [0.5, 0.6) is 0 Å². The van der Waals surface area contributed by atoms with Crippen LogP contribution in [0.25, 0.3) is 0 Å². The highest BCUT2D eigenvalue weighted by molar-refractivity contribution is 7.99. The van der Waals surface area contributed by atoms with Crippen LogP contribution in [-0.2, 0) is 16.6 Å². The first kappa shape index (κ1) is 14.5. The lowest BCUT2D eigenvalue weighted by molar-refractivity contribution is 0.581. The van der Waals surface area contributed by atoms with Gasteiger partial charge < -0.3 is 5.73 Å². The molecular formula is C11H18N2O2S2. The summed E-state index contributed by atoms with van der Waals surface area (Å²) in [5.74, 6) is 0. The van der Waals surface area contributed by atoms with Crippen LogP contribution in [0, 0.1) is 0 Å². The van der Waals surface area contributed by atoms with Gasteiger partial charge in [0.2, 0.25) is 10.0 Å². The lowest BCUT2D eigenvalue weighted by Gasteiger charge is -2.10. The SMILES string of the molecule is CSC(C)CNS(=O)(=O)c1ccc(CN)cc1. The van der Waals surface area contributed by atoms with Crippen molar-refractivity contribution in [3.05, 3.63) is 29.8 Å². The molecule has 1 unspecified atom stereocenters. The van der Waals surface area contributed by atoms with Gasteiger partial charge in [0.25, 0.3) is 0 Å². The molecule has 0 bridgehead atoms. The van der Waals surface area contributed by atoms with Gasteiger partial charge in [-0.05, 0) is 24.0 Å². The molecule has 0 fully saturated rings. The highest BCUT2D eigenvalue weighted by Crippen LogP contribution is 2.11. The molecule has 1 rings (SSSR count). The van der Waals surface area contributed by atoms with Gasteiger partial charge in [-0.15, -0.1) is 0 Å². The van der Waals surface area contributed by atoms with E-state index in [1.807, 2.05) is 13.2 Å². The molecule has 96 valence electrons. The van der Waals surface area contributed by atoms with E-state index >= 15 is 0 Å². The van der Waals surface area contributed by atoms with Crippen LogP contribution in [0.3, 0.4) is 0 Å². The second-order valence-corrected chi connectivity index (χ2v) is 6.79. The van der Waals surface area contributed by atoms with Crippen molar-refractivity contribution in [3.63, 3.8) is 0 Å². The third-order valence-electron chi connectivity index (χ3n) is 2.43. The molecule has 1 aromatic carbocycles. The molecule has 4 nitrogen and oxygen atoms in total. The smallest absolute Gasteiger partial charge is 0.240 e. The normalized spacial score (nSPS) is 13.6. The molecule has 1 atom stereocenters. The maximum absolute atomic E-state index is 11.9. The van der Waals surface area contributed by atoms with Crippen LogP contribution in [0.1, 0.15) is 12.5 Å². The molecule has 17 heavy (non-hydrogen) atoms. The van der Waals surface area contributed by atoms with Gasteiger partial charge in [-0.2, -0.15) is 11.8 Å². The molecule has 6 heteroatoms. The summed E-state index contributed by atoms with van der Waals surface area (Å²) < 4.78 is 26.4. The summed E-state index contributed by atoms with van der Waals surface area (Å²) in [5.41, 5.74) is 6.38. The summed E-state index contributed by atoms with van der Waals surface area (Å²) in [7, 11) is -3.39. The van der Waals surface area contributed by atoms with Crippen LogP contribution in [-0.4, -0.2) is 26.5 Å². The van der Waals surface area contributed by atoms with E-state index in [0.29, 0.717) is 13.1 Å². The fraction of sp³-hybridized carbons (Fsp3) is 0.455. The number of hydrogen-bond donors (Lipinski definition) is 2. The summed E-state index contributed by atoms with van der Waals surface area (Å²) >= 11 is 1.62. The van der Waals surface area contributed by atoms with E-state index in [0.717, 1.165) is 5.56 Å². The molecule has 0 saturated heterocycles. The Hall–Kier alpha value is -0.560. The number of hydrogen-bond acceptors (Lipinski definition) is 4. The fourth-order valence-corrected chi connectivity index (χ4v) is 2.68. The Labute approximate surface area is 107 Å². The van der Waals surface area contributed by atoms with E-state index in [1.165, 1.54) is 0 Å². The highest BCUT2D eigenvalue weighted by Gasteiger charge is 2.14. The fourth-order valence-electron chi connectivity index (χ4n) is 1.20. The number of sulfonamides is 1. The molecule has 0 radical (unpaired) electrons. The van der Waals surface area contributed by atoms with E-state index in [4.69, 9.17) is 5.73 Å². The van der Waals surface area contributed by atoms with Crippen molar-refractivity contribution in [1.29, 1.82) is 0 Å². The predicted molar refractivity (Wildman–Crippen MR) is 72.5 cm³/mol. The predicted octanol–water partition coefficient (Wildman–Crippen LogP) is 1.18. The second-order valence-electron chi connectivity index (χ2n) is 3.75. The zero-order chi connectivity index (χ0) is 12.9. The molecule has 1 aromatic rings. The van der Waals surface area contributed by atoms with Crippen molar-refractivity contribution in [1.82, 2.24) is 4.72 Å². The van der Waals surface area contributed by atoms with Crippen LogP contribution in [0.15, 0.2) is 29.2 Å². The van der Waals surface area contributed by atoms with Crippen LogP contribution >= 0.6 is 11.8 Å². The first-order valence-corrected chi connectivity index (χ1v) is 8.08. The van der Waals surface area contributed by atoms with Crippen molar-refractivity contribution >= 4 is 21.8 Å². The van der Waals surface area contributed by atoms with E-state index < -0.39 is 10.0 Å². The molecule has 0 aliphatic rings. The monoisotopic (exact) mass is 274 g/mol. The van der Waals surface area contributed by atoms with E-state index in [-0.39, 0.29) is 10.1 Å². The topological polar surface area (TPSA) is 72.2 Å². The maximum Gasteiger partial charge on any atom is 0.240 e. The van der Waals surface area contributed by atoms with E-state index in [1.54, 1.807) is 36.0 Å². The van der Waals surface area contributed by atoms with Gasteiger partial charge in [-0.25, -0.2) is 13.1 Å². The van der Waals surface area contributed by atoms with Gasteiger partial charge >= 0.3 is 0 Å². The zero-order valence-electron chi connectivity index (χ0n) is 10.0. The number of nitrogens with one attached hydrogen (secondary N) is 1. The van der Waals surface area contributed by atoms with Crippen molar-refractivity contribution in [2.45, 2.75) is 23.6 Å². The van der Waals surface area contributed by atoms with Crippen LogP contribution < -0.4 is 10.5 Å². The number of nitrogens with two attached hydrogens (primary N) is 1. The minimum absolute atomic E-state index is 0.257. The third kappa shape index (κ3) is 4.31. The Kier molecular flexibility index (Phi) is 5.45. The minimum atomic E-state index is -3.39. The van der Waals surface area contributed by atoms with Crippen molar-refractivity contribution < 1.29 is 8.42 Å². The minimum Gasteiger partial charge on any atom is -0.326 e. The second kappa shape index (κ2) is 6.39. The summed E-state index contributed by atoms with van der Waals surface area (Å²) in [4.78, 5) is 0.281. The van der Waals surface area contributed by atoms with E-state index in [9.17, 15) is 8.42 Å². The molecule has 0 aliphatic heterocycles. The molecule has 0 spiro atoms. The van der Waals surface area contributed by atoms with Gasteiger partial charge in [0.1, 0.15) is 0 Å². The average molecular weight is 274 g/mol. The Morgan fingerprint density at radius 1 is 1.35 bits per heavy atom. The van der Waals surface area contributed by atoms with Gasteiger partial charge in [-0.3, -0.25) is 0 Å². The Bertz CT molecular complexity index is 443. The Morgan fingerprint density at radius 2 is 1.94 bits per heavy atom. The number of thioether (sulfide) groups is 1. The van der Waals surface area contributed by atoms with Crippen LogP contribution in [0.2, 0.25) is 0 Å². The van der Waals surface area contributed by atoms with Crippen molar-refractivity contribution in [2.24, 2.45) is 5.73 Å². The molecule has 3 N–H and O–H groups in total. The first-order chi connectivity index (χ1) is 7.99. The van der Waals surface area contributed by atoms with Gasteiger partial charge in [0, 0.05) is 18.3 Å². The highest BCUT2D eigenvalue weighted by atomic mass is 32.2. The standard InChI is InChI=1S/C11H18N2O2S2/c1-9(16-2)8-13-17(14,15)11-5-3-10(7-12)4-6-11/h3-6,9,13H,7-8,12H2,1-2H3. The molecule has 0 aliphatic carbocycles. The van der Waals surface area contributed by atoms with Gasteiger partial charge in [0.05, 0.1) is 4.90 Å². The van der Waals surface area contributed by atoms with Crippen molar-refractivity contribution in [3.8, 4) is 0 Å². The van der Waals surface area contributed by atoms with Gasteiger partial charge in [-0.1, -0.05) is 19.1 Å².